The number of nitrogens with one attached hydrogen (secondary N) is 3. The van der Waals surface area contributed by atoms with Crippen LogP contribution in [0.25, 0.3) is 0 Å². The van der Waals surface area contributed by atoms with Gasteiger partial charge < -0.3 is 4.74 Å². The number of hydrogen-bond donors (Lipinski definition) is 3. The van der Waals surface area contributed by atoms with Crippen LogP contribution in [0.5, 0.6) is 0 Å². The lowest BCUT2D eigenvalue weighted by Crippen LogP contribution is -2.43. The first kappa shape index (κ1) is 22.3. The van der Waals surface area contributed by atoms with Crippen LogP contribution in [0.4, 0.5) is 0 Å². The van der Waals surface area contributed by atoms with Crippen molar-refractivity contribution in [2.75, 3.05) is 13.2 Å². The Bertz CT molecular complexity index is 1030. The topological polar surface area (TPSA) is 131 Å². The van der Waals surface area contributed by atoms with E-state index in [4.69, 9.17) is 16.3 Å². The average Bonchev–Trinajstić information content (AvgIpc) is 2.70. The minimum atomic E-state index is -3.74. The lowest BCUT2D eigenvalue weighted by Gasteiger charge is -2.09. The second kappa shape index (κ2) is 10.0. The van der Waals surface area contributed by atoms with Crippen molar-refractivity contribution < 1.29 is 27.5 Å². The van der Waals surface area contributed by atoms with Crippen LogP contribution in [-0.4, -0.2) is 39.4 Å². The van der Waals surface area contributed by atoms with Crippen molar-refractivity contribution in [3.8, 4) is 0 Å². The van der Waals surface area contributed by atoms with Crippen molar-refractivity contribution >= 4 is 39.4 Å². The van der Waals surface area contributed by atoms with Crippen molar-refractivity contribution in [2.24, 2.45) is 0 Å². The number of rotatable bonds is 7. The van der Waals surface area contributed by atoms with E-state index in [0.717, 1.165) is 6.07 Å². The molecule has 0 atom stereocenters. The maximum atomic E-state index is 12.1. The highest BCUT2D eigenvalue weighted by Gasteiger charge is 2.17. The third-order valence-electron chi connectivity index (χ3n) is 3.48. The highest BCUT2D eigenvalue weighted by molar-refractivity contribution is 7.89. The molecule has 2 aromatic carbocycles. The molecular formula is C18H18ClN3O6S. The third-order valence-corrected chi connectivity index (χ3v) is 5.36. The second-order valence-electron chi connectivity index (χ2n) is 5.59. The lowest BCUT2D eigenvalue weighted by atomic mass is 10.2. The smallest absolute Gasteiger partial charge is 0.338 e. The summed E-state index contributed by atoms with van der Waals surface area (Å²) in [6, 6.07) is 11.4. The molecule has 2 amide bonds. The fourth-order valence-electron chi connectivity index (χ4n) is 2.15. The van der Waals surface area contributed by atoms with Gasteiger partial charge >= 0.3 is 5.97 Å². The predicted octanol–water partition coefficient (Wildman–Crippen LogP) is 1.26. The molecule has 0 aliphatic rings. The van der Waals surface area contributed by atoms with E-state index in [1.165, 1.54) is 30.3 Å². The van der Waals surface area contributed by atoms with Crippen LogP contribution in [-0.2, 0) is 19.6 Å². The summed E-state index contributed by atoms with van der Waals surface area (Å²) in [4.78, 5) is 35.7. The maximum Gasteiger partial charge on any atom is 0.338 e. The minimum Gasteiger partial charge on any atom is -0.452 e. The van der Waals surface area contributed by atoms with Crippen LogP contribution in [0, 0.1) is 0 Å². The highest BCUT2D eigenvalue weighted by Crippen LogP contribution is 2.14. The summed E-state index contributed by atoms with van der Waals surface area (Å²) in [6.45, 7) is 1.13. The summed E-state index contributed by atoms with van der Waals surface area (Å²) in [7, 11) is -3.74. The van der Waals surface area contributed by atoms with Gasteiger partial charge in [-0.3, -0.25) is 20.4 Å². The van der Waals surface area contributed by atoms with Gasteiger partial charge in [-0.25, -0.2) is 17.9 Å². The summed E-state index contributed by atoms with van der Waals surface area (Å²) in [5.41, 5.74) is 4.34. The molecule has 0 saturated heterocycles. The SMILES string of the molecule is CCNS(=O)(=O)c1cccc(C(=O)OCC(=O)NNC(=O)c2ccccc2Cl)c1. The zero-order valence-corrected chi connectivity index (χ0v) is 16.8. The monoisotopic (exact) mass is 439 g/mol. The van der Waals surface area contributed by atoms with Crippen molar-refractivity contribution in [2.45, 2.75) is 11.8 Å². The van der Waals surface area contributed by atoms with Gasteiger partial charge in [0.25, 0.3) is 11.8 Å². The molecule has 0 unspecified atom stereocenters. The van der Waals surface area contributed by atoms with Crippen LogP contribution < -0.4 is 15.6 Å². The lowest BCUT2D eigenvalue weighted by molar-refractivity contribution is -0.125. The van der Waals surface area contributed by atoms with E-state index < -0.39 is 34.4 Å². The number of esters is 1. The van der Waals surface area contributed by atoms with Gasteiger partial charge in [-0.2, -0.15) is 0 Å². The van der Waals surface area contributed by atoms with Gasteiger partial charge in [-0.1, -0.05) is 36.7 Å². The zero-order chi connectivity index (χ0) is 21.4. The highest BCUT2D eigenvalue weighted by atomic mass is 35.5. The van der Waals surface area contributed by atoms with Gasteiger partial charge in [0.1, 0.15) is 0 Å². The van der Waals surface area contributed by atoms with Crippen LogP contribution in [0.15, 0.2) is 53.4 Å². The molecule has 0 aromatic heterocycles. The van der Waals surface area contributed by atoms with E-state index in [-0.39, 0.29) is 27.6 Å². The van der Waals surface area contributed by atoms with Gasteiger partial charge in [0.15, 0.2) is 6.61 Å². The van der Waals surface area contributed by atoms with E-state index in [2.05, 4.69) is 15.6 Å². The molecule has 0 heterocycles. The molecule has 9 nitrogen and oxygen atoms in total. The van der Waals surface area contributed by atoms with Crippen LogP contribution in [0.3, 0.4) is 0 Å². The van der Waals surface area contributed by atoms with E-state index in [1.54, 1.807) is 19.1 Å². The number of hydrogen-bond acceptors (Lipinski definition) is 6. The van der Waals surface area contributed by atoms with Crippen LogP contribution in [0.1, 0.15) is 27.6 Å². The molecule has 3 N–H and O–H groups in total. The standard InChI is InChI=1S/C18H18ClN3O6S/c1-2-20-29(26,27)13-7-5-6-12(10-13)18(25)28-11-16(23)21-22-17(24)14-8-3-4-9-15(14)19/h3-10,20H,2,11H2,1H3,(H,21,23)(H,22,24). The Morgan fingerprint density at radius 3 is 2.45 bits per heavy atom. The molecule has 11 heteroatoms. The fraction of sp³-hybridized carbons (Fsp3) is 0.167. The molecule has 154 valence electrons. The predicted molar refractivity (Wildman–Crippen MR) is 105 cm³/mol. The number of benzene rings is 2. The minimum absolute atomic E-state index is 0.0446. The molecule has 2 aromatic rings. The number of halogens is 1. The van der Waals surface area contributed by atoms with E-state index in [9.17, 15) is 22.8 Å². The van der Waals surface area contributed by atoms with Gasteiger partial charge in [-0.05, 0) is 30.3 Å². The van der Waals surface area contributed by atoms with Crippen LogP contribution in [0.2, 0.25) is 5.02 Å². The number of carbonyl (C=O) groups excluding carboxylic acids is 3. The van der Waals surface area contributed by atoms with Crippen molar-refractivity contribution in [3.05, 3.63) is 64.7 Å². The summed E-state index contributed by atoms with van der Waals surface area (Å²) in [6.07, 6.45) is 0. The fourth-order valence-corrected chi connectivity index (χ4v) is 3.46. The van der Waals surface area contributed by atoms with Crippen molar-refractivity contribution in [1.29, 1.82) is 0 Å². The Morgan fingerprint density at radius 2 is 1.76 bits per heavy atom. The summed E-state index contributed by atoms with van der Waals surface area (Å²) >= 11 is 5.88. The Balaban J connectivity index is 1.90. The maximum absolute atomic E-state index is 12.1. The number of carbonyl (C=O) groups is 3. The number of sulfonamides is 1. The normalized spacial score (nSPS) is 10.8. The van der Waals surface area contributed by atoms with Gasteiger partial charge in [0.05, 0.1) is 21.0 Å². The van der Waals surface area contributed by atoms with E-state index in [1.807, 2.05) is 0 Å². The largest absolute Gasteiger partial charge is 0.452 e. The number of ether oxygens (including phenoxy) is 1. The average molecular weight is 440 g/mol. The first-order valence-corrected chi connectivity index (χ1v) is 10.2. The zero-order valence-electron chi connectivity index (χ0n) is 15.3. The molecule has 2 rings (SSSR count). The van der Waals surface area contributed by atoms with E-state index in [0.29, 0.717) is 0 Å². The summed E-state index contributed by atoms with van der Waals surface area (Å²) in [5.74, 6) is -2.34. The second-order valence-corrected chi connectivity index (χ2v) is 7.76. The molecule has 0 aliphatic carbocycles. The molecule has 0 saturated carbocycles. The molecule has 0 bridgehead atoms. The first-order chi connectivity index (χ1) is 13.7. The Morgan fingerprint density at radius 1 is 1.03 bits per heavy atom. The summed E-state index contributed by atoms with van der Waals surface area (Å²) < 4.78 is 31.1. The van der Waals surface area contributed by atoms with E-state index >= 15 is 0 Å². The molecule has 29 heavy (non-hydrogen) atoms. The van der Waals surface area contributed by atoms with Gasteiger partial charge in [-0.15, -0.1) is 0 Å². The Hall–Kier alpha value is -2.95. The molecule has 0 spiro atoms. The number of hydrazine groups is 1. The van der Waals surface area contributed by atoms with Crippen molar-refractivity contribution in [3.63, 3.8) is 0 Å². The Labute approximate surface area is 172 Å². The van der Waals surface area contributed by atoms with Gasteiger partial charge in [0, 0.05) is 6.54 Å². The van der Waals surface area contributed by atoms with Crippen molar-refractivity contribution in [1.82, 2.24) is 15.6 Å². The molecule has 0 aliphatic heterocycles. The molecule has 0 radical (unpaired) electrons. The number of amides is 2. The third kappa shape index (κ3) is 6.28. The molecule has 0 fully saturated rings. The Kier molecular flexibility index (Phi) is 7.71. The van der Waals surface area contributed by atoms with Gasteiger partial charge in [0.2, 0.25) is 10.0 Å². The molecular weight excluding hydrogens is 422 g/mol. The summed E-state index contributed by atoms with van der Waals surface area (Å²) in [5, 5.41) is 0.207. The first-order valence-electron chi connectivity index (χ1n) is 8.35. The van der Waals surface area contributed by atoms with Crippen LogP contribution >= 0.6 is 11.6 Å². The quantitative estimate of drug-likeness (QED) is 0.439.